The van der Waals surface area contributed by atoms with Gasteiger partial charge in [0.1, 0.15) is 17.6 Å². The molecule has 2 atom stereocenters. The second-order valence-electron chi connectivity index (χ2n) is 6.76. The summed E-state index contributed by atoms with van der Waals surface area (Å²) in [7, 11) is 0. The molecule has 1 aliphatic rings. The molecule has 3 N–H and O–H groups in total. The van der Waals surface area contributed by atoms with Crippen LogP contribution >= 0.6 is 0 Å². The van der Waals surface area contributed by atoms with Crippen LogP contribution in [0.1, 0.15) is 24.3 Å². The zero-order chi connectivity index (χ0) is 20.4. The Morgan fingerprint density at radius 3 is 2.69 bits per heavy atom. The molecule has 3 aromatic rings. The Bertz CT molecular complexity index is 1050. The third-order valence-electron chi connectivity index (χ3n) is 4.50. The molecule has 0 radical (unpaired) electrons. The third-order valence-corrected chi connectivity index (χ3v) is 4.50. The molecule has 2 amide bonds. The minimum atomic E-state index is -0.689. The third kappa shape index (κ3) is 4.06. The minimum absolute atomic E-state index is 0.214. The molecule has 2 heterocycles. The fourth-order valence-corrected chi connectivity index (χ4v) is 3.03. The van der Waals surface area contributed by atoms with Gasteiger partial charge in [-0.25, -0.2) is 0 Å². The molecule has 0 spiro atoms. The van der Waals surface area contributed by atoms with E-state index in [1.165, 1.54) is 0 Å². The Kier molecular flexibility index (Phi) is 4.90. The molecular formula is C21H20N4O4. The Morgan fingerprint density at radius 1 is 1.17 bits per heavy atom. The lowest BCUT2D eigenvalue weighted by Crippen LogP contribution is -2.34. The number of hydrogen-bond acceptors (Lipinski definition) is 6. The number of hydrogen-bond donors (Lipinski definition) is 3. The van der Waals surface area contributed by atoms with Crippen molar-refractivity contribution in [3.8, 4) is 5.75 Å². The second kappa shape index (κ2) is 7.67. The van der Waals surface area contributed by atoms with Gasteiger partial charge in [0.2, 0.25) is 0 Å². The number of aromatic nitrogens is 1. The van der Waals surface area contributed by atoms with Gasteiger partial charge in [-0.3, -0.25) is 9.59 Å². The quantitative estimate of drug-likeness (QED) is 0.614. The predicted octanol–water partition coefficient (Wildman–Crippen LogP) is 3.49. The minimum Gasteiger partial charge on any atom is -0.479 e. The van der Waals surface area contributed by atoms with Crippen molar-refractivity contribution >= 4 is 29.0 Å². The highest BCUT2D eigenvalue weighted by atomic mass is 16.5. The molecule has 0 bridgehead atoms. The summed E-state index contributed by atoms with van der Waals surface area (Å²) in [6.45, 7) is 3.44. The fourth-order valence-electron chi connectivity index (χ4n) is 3.03. The number of benzene rings is 2. The van der Waals surface area contributed by atoms with Crippen molar-refractivity contribution in [2.45, 2.75) is 26.0 Å². The topological polar surface area (TPSA) is 105 Å². The van der Waals surface area contributed by atoms with Gasteiger partial charge < -0.3 is 25.2 Å². The molecule has 8 nitrogen and oxygen atoms in total. The van der Waals surface area contributed by atoms with E-state index in [1.54, 1.807) is 38.1 Å². The Balaban J connectivity index is 1.60. The van der Waals surface area contributed by atoms with Gasteiger partial charge in [0.25, 0.3) is 11.8 Å². The summed E-state index contributed by atoms with van der Waals surface area (Å²) >= 11 is 0. The largest absolute Gasteiger partial charge is 0.479 e. The fraction of sp³-hybridized carbons (Fsp3) is 0.190. The van der Waals surface area contributed by atoms with Crippen LogP contribution < -0.4 is 20.7 Å². The van der Waals surface area contributed by atoms with Gasteiger partial charge in [-0.05, 0) is 37.6 Å². The number of nitrogens with zero attached hydrogens (tertiary/aromatic N) is 1. The highest BCUT2D eigenvalue weighted by Gasteiger charge is 2.25. The maximum absolute atomic E-state index is 13.0. The molecule has 0 saturated heterocycles. The molecule has 1 aromatic heterocycles. The van der Waals surface area contributed by atoms with Crippen molar-refractivity contribution in [1.82, 2.24) is 5.16 Å². The number of amides is 2. The van der Waals surface area contributed by atoms with E-state index < -0.39 is 12.1 Å². The van der Waals surface area contributed by atoms with Gasteiger partial charge in [0.15, 0.2) is 11.9 Å². The van der Waals surface area contributed by atoms with Crippen molar-refractivity contribution in [3.05, 3.63) is 65.9 Å². The second-order valence-corrected chi connectivity index (χ2v) is 6.76. The first-order chi connectivity index (χ1) is 14.0. The SMILES string of the molecule is Cc1cc(NC(=O)C(Nc2ccc3c(c2)NC(=O)C(C)O3)c2ccccc2)no1. The van der Waals surface area contributed by atoms with Gasteiger partial charge in [-0.1, -0.05) is 35.5 Å². The number of ether oxygens (including phenoxy) is 1. The van der Waals surface area contributed by atoms with Gasteiger partial charge in [0.05, 0.1) is 5.69 Å². The van der Waals surface area contributed by atoms with Crippen LogP contribution in [0.3, 0.4) is 0 Å². The number of fused-ring (bicyclic) bond motifs is 1. The van der Waals surface area contributed by atoms with Crippen LogP contribution in [0.2, 0.25) is 0 Å². The lowest BCUT2D eigenvalue weighted by atomic mass is 10.1. The van der Waals surface area contributed by atoms with Crippen molar-refractivity contribution in [2.75, 3.05) is 16.0 Å². The molecule has 2 unspecified atom stereocenters. The summed E-state index contributed by atoms with van der Waals surface area (Å²) < 4.78 is 10.6. The first-order valence-electron chi connectivity index (χ1n) is 9.17. The maximum Gasteiger partial charge on any atom is 0.265 e. The van der Waals surface area contributed by atoms with E-state index in [9.17, 15) is 9.59 Å². The summed E-state index contributed by atoms with van der Waals surface area (Å²) in [5.74, 6) is 1.02. The van der Waals surface area contributed by atoms with Crippen LogP contribution in [-0.2, 0) is 9.59 Å². The van der Waals surface area contributed by atoms with E-state index in [4.69, 9.17) is 9.26 Å². The normalized spacial score (nSPS) is 16.2. The van der Waals surface area contributed by atoms with Gasteiger partial charge in [-0.2, -0.15) is 0 Å². The monoisotopic (exact) mass is 392 g/mol. The van der Waals surface area contributed by atoms with Crippen LogP contribution in [-0.4, -0.2) is 23.1 Å². The van der Waals surface area contributed by atoms with Crippen molar-refractivity contribution in [2.24, 2.45) is 0 Å². The number of carbonyl (C=O) groups excluding carboxylic acids is 2. The zero-order valence-corrected chi connectivity index (χ0v) is 15.9. The van der Waals surface area contributed by atoms with E-state index >= 15 is 0 Å². The number of anilines is 3. The lowest BCUT2D eigenvalue weighted by molar-refractivity contribution is -0.122. The summed E-state index contributed by atoms with van der Waals surface area (Å²) in [6, 6.07) is 15.6. The number of aryl methyl sites for hydroxylation is 1. The maximum atomic E-state index is 13.0. The first kappa shape index (κ1) is 18.5. The Morgan fingerprint density at radius 2 is 1.97 bits per heavy atom. The summed E-state index contributed by atoms with van der Waals surface area (Å²) in [4.78, 5) is 24.8. The standard InChI is InChI=1S/C21H20N4O4/c1-12-10-18(25-29-12)24-21(27)19(14-6-4-3-5-7-14)22-15-8-9-17-16(11-15)23-20(26)13(2)28-17/h3-11,13,19,22H,1-2H3,(H,23,26)(H,24,25,27). The first-order valence-corrected chi connectivity index (χ1v) is 9.17. The Hall–Kier alpha value is -3.81. The molecule has 0 saturated carbocycles. The summed E-state index contributed by atoms with van der Waals surface area (Å²) in [5, 5.41) is 12.6. The molecule has 2 aromatic carbocycles. The van der Waals surface area contributed by atoms with Crippen LogP contribution in [0, 0.1) is 6.92 Å². The molecule has 29 heavy (non-hydrogen) atoms. The van der Waals surface area contributed by atoms with Crippen LogP contribution in [0.5, 0.6) is 5.75 Å². The molecule has 0 aliphatic carbocycles. The molecule has 148 valence electrons. The highest BCUT2D eigenvalue weighted by Crippen LogP contribution is 2.33. The average molecular weight is 392 g/mol. The summed E-state index contributed by atoms with van der Waals surface area (Å²) in [5.41, 5.74) is 1.98. The molecular weight excluding hydrogens is 372 g/mol. The van der Waals surface area contributed by atoms with Crippen LogP contribution in [0.4, 0.5) is 17.2 Å². The predicted molar refractivity (Wildman–Crippen MR) is 108 cm³/mol. The lowest BCUT2D eigenvalue weighted by Gasteiger charge is -2.25. The van der Waals surface area contributed by atoms with E-state index in [2.05, 4.69) is 21.1 Å². The van der Waals surface area contributed by atoms with Crippen molar-refractivity contribution in [3.63, 3.8) is 0 Å². The summed E-state index contributed by atoms with van der Waals surface area (Å²) in [6.07, 6.45) is -0.546. The Labute approximate surface area is 167 Å². The van der Waals surface area contributed by atoms with Crippen LogP contribution in [0.25, 0.3) is 0 Å². The van der Waals surface area contributed by atoms with Crippen LogP contribution in [0.15, 0.2) is 59.1 Å². The molecule has 8 heteroatoms. The van der Waals surface area contributed by atoms with E-state index in [0.29, 0.717) is 28.7 Å². The van der Waals surface area contributed by atoms with E-state index in [-0.39, 0.29) is 11.8 Å². The molecule has 0 fully saturated rings. The molecule has 1 aliphatic heterocycles. The zero-order valence-electron chi connectivity index (χ0n) is 15.9. The van der Waals surface area contributed by atoms with Gasteiger partial charge in [-0.15, -0.1) is 0 Å². The number of rotatable bonds is 5. The van der Waals surface area contributed by atoms with E-state index in [1.807, 2.05) is 30.3 Å². The van der Waals surface area contributed by atoms with Crippen molar-refractivity contribution < 1.29 is 18.8 Å². The smallest absolute Gasteiger partial charge is 0.265 e. The van der Waals surface area contributed by atoms with Gasteiger partial charge in [0, 0.05) is 11.8 Å². The van der Waals surface area contributed by atoms with Gasteiger partial charge >= 0.3 is 0 Å². The molecule has 4 rings (SSSR count). The van der Waals surface area contributed by atoms with E-state index in [0.717, 1.165) is 5.56 Å². The average Bonchev–Trinajstić information content (AvgIpc) is 3.12. The number of carbonyl (C=O) groups is 2. The highest BCUT2D eigenvalue weighted by molar-refractivity contribution is 5.99. The number of nitrogens with one attached hydrogen (secondary N) is 3. The van der Waals surface area contributed by atoms with Crippen molar-refractivity contribution in [1.29, 1.82) is 0 Å².